The van der Waals surface area contributed by atoms with Crippen molar-refractivity contribution in [1.29, 1.82) is 0 Å². The van der Waals surface area contributed by atoms with Crippen molar-refractivity contribution in [1.82, 2.24) is 0 Å². The third kappa shape index (κ3) is 3.99. The predicted octanol–water partition coefficient (Wildman–Crippen LogP) is 5.83. The second-order valence-electron chi connectivity index (χ2n) is 7.52. The molecule has 0 N–H and O–H groups in total. The molecule has 0 saturated heterocycles. The SMILES string of the molecule is COC(=O)c1ccc(-c2cc(C)c(-c3ccc(C(=O)OC)cc3C)cc2C)c(C)c1. The van der Waals surface area contributed by atoms with E-state index in [-0.39, 0.29) is 11.9 Å². The number of aryl methyl sites for hydroxylation is 4. The number of esters is 2. The normalized spacial score (nSPS) is 10.6. The van der Waals surface area contributed by atoms with Crippen LogP contribution in [-0.2, 0) is 9.47 Å². The molecule has 154 valence electrons. The van der Waals surface area contributed by atoms with Gasteiger partial charge in [0.15, 0.2) is 0 Å². The fourth-order valence-electron chi connectivity index (χ4n) is 3.82. The third-order valence-corrected chi connectivity index (χ3v) is 5.45. The van der Waals surface area contributed by atoms with Gasteiger partial charge in [-0.25, -0.2) is 9.59 Å². The monoisotopic (exact) mass is 402 g/mol. The molecule has 0 unspecified atom stereocenters. The average molecular weight is 402 g/mol. The van der Waals surface area contributed by atoms with E-state index in [4.69, 9.17) is 9.47 Å². The van der Waals surface area contributed by atoms with Crippen molar-refractivity contribution in [2.75, 3.05) is 14.2 Å². The van der Waals surface area contributed by atoms with Crippen molar-refractivity contribution >= 4 is 11.9 Å². The van der Waals surface area contributed by atoms with Gasteiger partial charge in [0.2, 0.25) is 0 Å². The number of hydrogen-bond acceptors (Lipinski definition) is 4. The van der Waals surface area contributed by atoms with Crippen molar-refractivity contribution in [3.63, 3.8) is 0 Å². The van der Waals surface area contributed by atoms with E-state index in [0.29, 0.717) is 11.1 Å². The van der Waals surface area contributed by atoms with Crippen LogP contribution in [-0.4, -0.2) is 26.2 Å². The Morgan fingerprint density at radius 2 is 0.867 bits per heavy atom. The molecule has 0 aliphatic rings. The number of hydrogen-bond donors (Lipinski definition) is 0. The number of ether oxygens (including phenoxy) is 2. The van der Waals surface area contributed by atoms with Gasteiger partial charge in [-0.1, -0.05) is 24.3 Å². The molecular weight excluding hydrogens is 376 g/mol. The van der Waals surface area contributed by atoms with Gasteiger partial charge in [0, 0.05) is 0 Å². The molecule has 0 radical (unpaired) electrons. The van der Waals surface area contributed by atoms with E-state index in [9.17, 15) is 9.59 Å². The molecule has 3 aromatic carbocycles. The van der Waals surface area contributed by atoms with E-state index >= 15 is 0 Å². The lowest BCUT2D eigenvalue weighted by atomic mass is 9.88. The zero-order valence-corrected chi connectivity index (χ0v) is 18.3. The fourth-order valence-corrected chi connectivity index (χ4v) is 3.82. The molecule has 0 saturated carbocycles. The Hall–Kier alpha value is -3.40. The lowest BCUT2D eigenvalue weighted by molar-refractivity contribution is 0.0592. The molecule has 0 aliphatic carbocycles. The maximum atomic E-state index is 11.8. The summed E-state index contributed by atoms with van der Waals surface area (Å²) in [4.78, 5) is 23.6. The molecule has 0 bridgehead atoms. The second kappa shape index (κ2) is 8.54. The van der Waals surface area contributed by atoms with Crippen LogP contribution in [0.3, 0.4) is 0 Å². The van der Waals surface area contributed by atoms with Crippen LogP contribution < -0.4 is 0 Å². The van der Waals surface area contributed by atoms with Crippen LogP contribution in [0.2, 0.25) is 0 Å². The smallest absolute Gasteiger partial charge is 0.337 e. The summed E-state index contributed by atoms with van der Waals surface area (Å²) in [6.07, 6.45) is 0. The largest absolute Gasteiger partial charge is 0.465 e. The van der Waals surface area contributed by atoms with Crippen LogP contribution in [0.4, 0.5) is 0 Å². The molecule has 4 heteroatoms. The minimum Gasteiger partial charge on any atom is -0.465 e. The van der Waals surface area contributed by atoms with Crippen LogP contribution >= 0.6 is 0 Å². The Bertz CT molecular complexity index is 1050. The summed E-state index contributed by atoms with van der Waals surface area (Å²) in [7, 11) is 2.77. The van der Waals surface area contributed by atoms with E-state index in [0.717, 1.165) is 44.5 Å². The summed E-state index contributed by atoms with van der Waals surface area (Å²) >= 11 is 0. The minimum absolute atomic E-state index is 0.334. The van der Waals surface area contributed by atoms with E-state index in [1.807, 2.05) is 38.1 Å². The quantitative estimate of drug-likeness (QED) is 0.516. The number of methoxy groups -OCH3 is 2. The van der Waals surface area contributed by atoms with Gasteiger partial charge in [0.1, 0.15) is 0 Å². The summed E-state index contributed by atoms with van der Waals surface area (Å²) in [6, 6.07) is 15.6. The first kappa shape index (κ1) is 21.3. The molecule has 0 amide bonds. The number of benzene rings is 3. The molecule has 0 aliphatic heterocycles. The fraction of sp³-hybridized carbons (Fsp3) is 0.231. The Labute approximate surface area is 177 Å². The van der Waals surface area contributed by atoms with Crippen LogP contribution in [0, 0.1) is 27.7 Å². The van der Waals surface area contributed by atoms with E-state index < -0.39 is 0 Å². The van der Waals surface area contributed by atoms with E-state index in [1.165, 1.54) is 14.2 Å². The standard InChI is InChI=1S/C26H26O4/c1-15-11-19(25(27)29-5)7-9-21(15)23-13-18(4)24(14-17(23)3)22-10-8-20(12-16(22)2)26(28)30-6/h7-14H,1-6H3. The van der Waals surface area contributed by atoms with Gasteiger partial charge in [0.25, 0.3) is 0 Å². The molecule has 4 nitrogen and oxygen atoms in total. The van der Waals surface area contributed by atoms with Crippen LogP contribution in [0.25, 0.3) is 22.3 Å². The molecule has 0 heterocycles. The highest BCUT2D eigenvalue weighted by Gasteiger charge is 2.15. The van der Waals surface area contributed by atoms with Crippen molar-refractivity contribution in [2.45, 2.75) is 27.7 Å². The summed E-state index contributed by atoms with van der Waals surface area (Å²) in [6.45, 7) is 8.18. The highest BCUT2D eigenvalue weighted by atomic mass is 16.5. The number of carbonyl (C=O) groups is 2. The number of rotatable bonds is 4. The van der Waals surface area contributed by atoms with Gasteiger partial charge in [0.05, 0.1) is 25.3 Å². The van der Waals surface area contributed by atoms with E-state index in [1.54, 1.807) is 12.1 Å². The topological polar surface area (TPSA) is 52.6 Å². The molecule has 3 aromatic rings. The predicted molar refractivity (Wildman–Crippen MR) is 119 cm³/mol. The van der Waals surface area contributed by atoms with Crippen LogP contribution in [0.15, 0.2) is 48.5 Å². The second-order valence-corrected chi connectivity index (χ2v) is 7.52. The molecule has 3 rings (SSSR count). The average Bonchev–Trinajstić information content (AvgIpc) is 2.74. The van der Waals surface area contributed by atoms with Crippen molar-refractivity contribution < 1.29 is 19.1 Å². The first-order valence-electron chi connectivity index (χ1n) is 9.76. The maximum absolute atomic E-state index is 11.8. The highest BCUT2D eigenvalue weighted by Crippen LogP contribution is 2.35. The Kier molecular flexibility index (Phi) is 6.06. The molecule has 0 atom stereocenters. The molecule has 30 heavy (non-hydrogen) atoms. The van der Waals surface area contributed by atoms with Gasteiger partial charge < -0.3 is 9.47 Å². The lowest BCUT2D eigenvalue weighted by Crippen LogP contribution is -2.02. The van der Waals surface area contributed by atoms with Crippen LogP contribution in [0.5, 0.6) is 0 Å². The third-order valence-electron chi connectivity index (χ3n) is 5.45. The van der Waals surface area contributed by atoms with E-state index in [2.05, 4.69) is 26.0 Å². The Balaban J connectivity index is 2.05. The summed E-state index contributed by atoms with van der Waals surface area (Å²) < 4.78 is 9.64. The first-order valence-corrected chi connectivity index (χ1v) is 9.76. The first-order chi connectivity index (χ1) is 14.3. The maximum Gasteiger partial charge on any atom is 0.337 e. The zero-order valence-electron chi connectivity index (χ0n) is 18.3. The van der Waals surface area contributed by atoms with Gasteiger partial charge >= 0.3 is 11.9 Å². The molecule has 0 aromatic heterocycles. The van der Waals surface area contributed by atoms with Crippen molar-refractivity contribution in [3.8, 4) is 22.3 Å². The van der Waals surface area contributed by atoms with Crippen LogP contribution in [0.1, 0.15) is 43.0 Å². The van der Waals surface area contributed by atoms with Gasteiger partial charge in [-0.05, 0) is 96.5 Å². The number of carbonyl (C=O) groups excluding carboxylic acids is 2. The van der Waals surface area contributed by atoms with Crippen molar-refractivity contribution in [2.24, 2.45) is 0 Å². The summed E-state index contributed by atoms with van der Waals surface area (Å²) in [5.74, 6) is -0.669. The highest BCUT2D eigenvalue weighted by molar-refractivity contribution is 5.92. The Morgan fingerprint density at radius 1 is 0.533 bits per heavy atom. The molecule has 0 spiro atoms. The summed E-state index contributed by atoms with van der Waals surface area (Å²) in [5, 5.41) is 0. The molecule has 0 fully saturated rings. The lowest BCUT2D eigenvalue weighted by Gasteiger charge is -2.16. The van der Waals surface area contributed by atoms with Gasteiger partial charge in [-0.3, -0.25) is 0 Å². The van der Waals surface area contributed by atoms with Gasteiger partial charge in [-0.15, -0.1) is 0 Å². The Morgan fingerprint density at radius 3 is 1.17 bits per heavy atom. The molecular formula is C26H26O4. The van der Waals surface area contributed by atoms with Crippen molar-refractivity contribution in [3.05, 3.63) is 81.9 Å². The zero-order chi connectivity index (χ0) is 22.0. The van der Waals surface area contributed by atoms with Gasteiger partial charge in [-0.2, -0.15) is 0 Å². The summed E-state index contributed by atoms with van der Waals surface area (Å²) in [5.41, 5.74) is 9.86. The minimum atomic E-state index is -0.334.